The summed E-state index contributed by atoms with van der Waals surface area (Å²) < 4.78 is 11.8. The zero-order valence-electron chi connectivity index (χ0n) is 12.0. The van der Waals surface area contributed by atoms with Gasteiger partial charge < -0.3 is 15.0 Å². The first-order valence-electron chi connectivity index (χ1n) is 6.26. The topological polar surface area (TPSA) is 74.4 Å². The van der Waals surface area contributed by atoms with Gasteiger partial charge in [0.1, 0.15) is 0 Å². The number of nitrogens with zero attached hydrogens (tertiary/aromatic N) is 1. The van der Waals surface area contributed by atoms with Crippen molar-refractivity contribution in [1.29, 1.82) is 0 Å². The molecule has 0 unspecified atom stereocenters. The first kappa shape index (κ1) is 14.0. The molecular weight excluding hydrogens is 243 g/mol. The molecular formula is C13H19BN2O3. The van der Waals surface area contributed by atoms with E-state index in [9.17, 15) is 4.79 Å². The van der Waals surface area contributed by atoms with Gasteiger partial charge in [-0.2, -0.15) is 0 Å². The minimum Gasteiger partial charge on any atom is -0.399 e. The predicted octanol–water partition coefficient (Wildman–Crippen LogP) is 0.788. The number of carbonyl (C=O) groups is 1. The first-order chi connectivity index (χ1) is 8.64. The second kappa shape index (κ2) is 4.32. The average molecular weight is 262 g/mol. The fraction of sp³-hybridized carbons (Fsp3) is 0.538. The summed E-state index contributed by atoms with van der Waals surface area (Å²) >= 11 is 0. The van der Waals surface area contributed by atoms with E-state index in [1.807, 2.05) is 27.7 Å². The average Bonchev–Trinajstić information content (AvgIpc) is 2.48. The highest BCUT2D eigenvalue weighted by atomic mass is 16.7. The maximum Gasteiger partial charge on any atom is 0.496 e. The van der Waals surface area contributed by atoms with Gasteiger partial charge in [0.15, 0.2) is 0 Å². The monoisotopic (exact) mass is 262 g/mol. The number of amides is 1. The summed E-state index contributed by atoms with van der Waals surface area (Å²) in [6.45, 7) is 9.65. The van der Waals surface area contributed by atoms with Crippen molar-refractivity contribution in [3.63, 3.8) is 0 Å². The minimum atomic E-state index is -0.531. The van der Waals surface area contributed by atoms with Gasteiger partial charge in [-0.05, 0) is 40.7 Å². The molecule has 0 radical (unpaired) electrons. The molecule has 1 saturated heterocycles. The highest BCUT2D eigenvalue weighted by Gasteiger charge is 2.51. The van der Waals surface area contributed by atoms with E-state index in [0.717, 1.165) is 0 Å². The molecule has 19 heavy (non-hydrogen) atoms. The lowest BCUT2D eigenvalue weighted by atomic mass is 9.79. The number of hydrogen-bond acceptors (Lipinski definition) is 4. The van der Waals surface area contributed by atoms with E-state index >= 15 is 0 Å². The van der Waals surface area contributed by atoms with E-state index in [1.165, 1.54) is 0 Å². The summed E-state index contributed by atoms with van der Waals surface area (Å²) in [4.78, 5) is 15.5. The standard InChI is InChI=1S/C13H19BN2O3/c1-8-10(11(15)17)6-9(7-16-8)14-18-12(2,3)13(4,5)19-14/h6-7H,1-5H3,(H2,15,17). The Morgan fingerprint density at radius 2 is 1.79 bits per heavy atom. The number of aryl methyl sites for hydroxylation is 1. The van der Waals surface area contributed by atoms with Crippen LogP contribution in [0.2, 0.25) is 0 Å². The smallest absolute Gasteiger partial charge is 0.399 e. The molecule has 0 aliphatic carbocycles. The zero-order valence-corrected chi connectivity index (χ0v) is 12.0. The van der Waals surface area contributed by atoms with E-state index in [4.69, 9.17) is 15.0 Å². The van der Waals surface area contributed by atoms with Gasteiger partial charge in [0, 0.05) is 17.4 Å². The third-order valence-corrected chi connectivity index (χ3v) is 3.90. The van der Waals surface area contributed by atoms with Gasteiger partial charge in [-0.25, -0.2) is 0 Å². The normalized spacial score (nSPS) is 20.6. The molecule has 2 N–H and O–H groups in total. The summed E-state index contributed by atoms with van der Waals surface area (Å²) in [5.41, 5.74) is 6.19. The largest absolute Gasteiger partial charge is 0.496 e. The van der Waals surface area contributed by atoms with Gasteiger partial charge >= 0.3 is 7.12 Å². The van der Waals surface area contributed by atoms with Crippen molar-refractivity contribution in [1.82, 2.24) is 4.98 Å². The molecule has 2 heterocycles. The lowest BCUT2D eigenvalue weighted by Gasteiger charge is -2.32. The number of rotatable bonds is 2. The number of aromatic nitrogens is 1. The van der Waals surface area contributed by atoms with Crippen molar-refractivity contribution >= 4 is 18.5 Å². The van der Waals surface area contributed by atoms with Crippen LogP contribution in [0.3, 0.4) is 0 Å². The van der Waals surface area contributed by atoms with Crippen LogP contribution in [0.25, 0.3) is 0 Å². The lowest BCUT2D eigenvalue weighted by molar-refractivity contribution is 0.00578. The summed E-state index contributed by atoms with van der Waals surface area (Å²) in [5, 5.41) is 0. The molecule has 0 bridgehead atoms. The second-order valence-electron chi connectivity index (χ2n) is 5.85. The number of hydrogen-bond donors (Lipinski definition) is 1. The van der Waals surface area contributed by atoms with Crippen LogP contribution in [-0.2, 0) is 9.31 Å². The third kappa shape index (κ3) is 2.38. The van der Waals surface area contributed by atoms with Crippen LogP contribution in [0.15, 0.2) is 12.3 Å². The van der Waals surface area contributed by atoms with Crippen LogP contribution in [-0.4, -0.2) is 29.2 Å². The molecule has 102 valence electrons. The Morgan fingerprint density at radius 3 is 2.26 bits per heavy atom. The number of nitrogens with two attached hydrogens (primary N) is 1. The number of pyridine rings is 1. The Hall–Kier alpha value is -1.40. The molecule has 1 aromatic rings. The predicted molar refractivity (Wildman–Crippen MR) is 73.2 cm³/mol. The van der Waals surface area contributed by atoms with Gasteiger partial charge in [-0.1, -0.05) is 0 Å². The van der Waals surface area contributed by atoms with E-state index in [-0.39, 0.29) is 0 Å². The number of primary amides is 1. The Kier molecular flexibility index (Phi) is 3.19. The summed E-state index contributed by atoms with van der Waals surface area (Å²) in [5.74, 6) is -0.497. The minimum absolute atomic E-state index is 0.396. The van der Waals surface area contributed by atoms with Crippen molar-refractivity contribution < 1.29 is 14.1 Å². The van der Waals surface area contributed by atoms with Crippen LogP contribution in [0.5, 0.6) is 0 Å². The molecule has 1 aliphatic rings. The van der Waals surface area contributed by atoms with Crippen molar-refractivity contribution in [2.75, 3.05) is 0 Å². The molecule has 6 heteroatoms. The van der Waals surface area contributed by atoms with Gasteiger partial charge in [0.25, 0.3) is 5.91 Å². The van der Waals surface area contributed by atoms with E-state index in [1.54, 1.807) is 19.2 Å². The maximum atomic E-state index is 11.3. The molecule has 1 fully saturated rings. The van der Waals surface area contributed by atoms with E-state index in [2.05, 4.69) is 4.98 Å². The molecule has 0 spiro atoms. The molecule has 0 aromatic carbocycles. The highest BCUT2D eigenvalue weighted by Crippen LogP contribution is 2.36. The van der Waals surface area contributed by atoms with Crippen LogP contribution < -0.4 is 11.2 Å². The SMILES string of the molecule is Cc1ncc(B2OC(C)(C)C(C)(C)O2)cc1C(N)=O. The Bertz CT molecular complexity index is 513. The highest BCUT2D eigenvalue weighted by molar-refractivity contribution is 6.62. The second-order valence-corrected chi connectivity index (χ2v) is 5.85. The fourth-order valence-electron chi connectivity index (χ4n) is 1.91. The van der Waals surface area contributed by atoms with Crippen molar-refractivity contribution in [2.45, 2.75) is 45.8 Å². The first-order valence-corrected chi connectivity index (χ1v) is 6.26. The Labute approximate surface area is 113 Å². The van der Waals surface area contributed by atoms with Crippen molar-refractivity contribution in [3.8, 4) is 0 Å². The molecule has 5 nitrogen and oxygen atoms in total. The molecule has 0 saturated carbocycles. The van der Waals surface area contributed by atoms with Crippen molar-refractivity contribution in [2.24, 2.45) is 5.73 Å². The van der Waals surface area contributed by atoms with Gasteiger partial charge in [0.2, 0.25) is 0 Å². The van der Waals surface area contributed by atoms with E-state index < -0.39 is 24.2 Å². The fourth-order valence-corrected chi connectivity index (χ4v) is 1.91. The molecule has 0 atom stereocenters. The lowest BCUT2D eigenvalue weighted by Crippen LogP contribution is -2.41. The third-order valence-electron chi connectivity index (χ3n) is 3.90. The summed E-state index contributed by atoms with van der Waals surface area (Å²) in [6, 6.07) is 1.69. The van der Waals surface area contributed by atoms with Crippen LogP contribution in [0.1, 0.15) is 43.7 Å². The van der Waals surface area contributed by atoms with Crippen LogP contribution in [0, 0.1) is 6.92 Å². The molecule has 1 amide bonds. The van der Waals surface area contributed by atoms with Gasteiger partial charge in [-0.3, -0.25) is 9.78 Å². The molecule has 1 aromatic heterocycles. The quantitative estimate of drug-likeness (QED) is 0.799. The molecule has 1 aliphatic heterocycles. The summed E-state index contributed by atoms with van der Waals surface area (Å²) in [6.07, 6.45) is 1.66. The molecule has 2 rings (SSSR count). The van der Waals surface area contributed by atoms with Crippen molar-refractivity contribution in [3.05, 3.63) is 23.5 Å². The number of carbonyl (C=O) groups excluding carboxylic acids is 1. The Balaban J connectivity index is 2.35. The summed E-state index contributed by atoms with van der Waals surface area (Å²) in [7, 11) is -0.531. The van der Waals surface area contributed by atoms with E-state index in [0.29, 0.717) is 16.7 Å². The van der Waals surface area contributed by atoms with Crippen LogP contribution >= 0.6 is 0 Å². The van der Waals surface area contributed by atoms with Crippen LogP contribution in [0.4, 0.5) is 0 Å². The van der Waals surface area contributed by atoms with Gasteiger partial charge in [0.05, 0.1) is 16.8 Å². The Morgan fingerprint density at radius 1 is 1.26 bits per heavy atom. The maximum absolute atomic E-state index is 11.3. The zero-order chi connectivity index (χ0) is 14.4. The van der Waals surface area contributed by atoms with Gasteiger partial charge in [-0.15, -0.1) is 0 Å².